The molecule has 1 rings (SSSR count). The van der Waals surface area contributed by atoms with Gasteiger partial charge in [-0.15, -0.1) is 0 Å². The van der Waals surface area contributed by atoms with Gasteiger partial charge in [0.15, 0.2) is 0 Å². The molecular formula is C10H12F3NO3S. The molecule has 0 amide bonds. The molecule has 0 heterocycles. The van der Waals surface area contributed by atoms with Gasteiger partial charge in [0.1, 0.15) is 0 Å². The molecule has 1 aromatic carbocycles. The van der Waals surface area contributed by atoms with Crippen LogP contribution in [-0.2, 0) is 16.2 Å². The average Bonchev–Trinajstić information content (AvgIpc) is 2.25. The van der Waals surface area contributed by atoms with Gasteiger partial charge in [-0.1, -0.05) is 12.1 Å². The van der Waals surface area contributed by atoms with E-state index in [9.17, 15) is 21.6 Å². The summed E-state index contributed by atoms with van der Waals surface area (Å²) in [5.74, 6) is -0.435. The van der Waals surface area contributed by atoms with E-state index in [-0.39, 0.29) is 13.0 Å². The van der Waals surface area contributed by atoms with Crippen molar-refractivity contribution in [1.82, 2.24) is 0 Å². The van der Waals surface area contributed by atoms with Crippen LogP contribution in [0.2, 0.25) is 0 Å². The Morgan fingerprint density at radius 2 is 1.83 bits per heavy atom. The lowest BCUT2D eigenvalue weighted by Gasteiger charge is -2.14. The molecule has 0 aliphatic heterocycles. The number of hydrogen-bond donors (Lipinski definition) is 2. The minimum Gasteiger partial charge on any atom is -0.396 e. The number of nitrogens with one attached hydrogen (secondary N) is 1. The van der Waals surface area contributed by atoms with Crippen molar-refractivity contribution >= 4 is 15.7 Å². The van der Waals surface area contributed by atoms with Crippen LogP contribution in [0.1, 0.15) is 12.0 Å². The molecular weight excluding hydrogens is 271 g/mol. The highest BCUT2D eigenvalue weighted by atomic mass is 32.2. The Kier molecular flexibility index (Phi) is 4.58. The summed E-state index contributed by atoms with van der Waals surface area (Å²) in [6.07, 6.45) is -4.67. The predicted octanol–water partition coefficient (Wildman–Crippen LogP) is 1.83. The number of sulfonamides is 1. The van der Waals surface area contributed by atoms with E-state index in [1.165, 1.54) is 12.1 Å². The zero-order valence-corrected chi connectivity index (χ0v) is 10.1. The van der Waals surface area contributed by atoms with Crippen LogP contribution in [0.25, 0.3) is 0 Å². The van der Waals surface area contributed by atoms with E-state index in [1.54, 1.807) is 0 Å². The Balaban J connectivity index is 2.98. The molecule has 4 nitrogen and oxygen atoms in total. The van der Waals surface area contributed by atoms with E-state index >= 15 is 0 Å². The van der Waals surface area contributed by atoms with Gasteiger partial charge < -0.3 is 5.11 Å². The largest absolute Gasteiger partial charge is 0.418 e. The Bertz CT molecular complexity index is 499. The van der Waals surface area contributed by atoms with Crippen molar-refractivity contribution in [3.8, 4) is 0 Å². The minimum atomic E-state index is -4.63. The SMILES string of the molecule is O=S(=O)(CCCO)Nc1ccccc1C(F)(F)F. The van der Waals surface area contributed by atoms with E-state index in [1.807, 2.05) is 4.72 Å². The van der Waals surface area contributed by atoms with Crippen molar-refractivity contribution in [2.45, 2.75) is 12.6 Å². The maximum absolute atomic E-state index is 12.6. The number of rotatable bonds is 5. The first kappa shape index (κ1) is 14.8. The molecule has 0 fully saturated rings. The zero-order valence-electron chi connectivity index (χ0n) is 9.24. The molecule has 0 unspecified atom stereocenters. The molecule has 0 atom stereocenters. The molecule has 0 radical (unpaired) electrons. The van der Waals surface area contributed by atoms with Crippen molar-refractivity contribution in [1.29, 1.82) is 0 Å². The first-order chi connectivity index (χ1) is 8.26. The van der Waals surface area contributed by atoms with Gasteiger partial charge in [0.2, 0.25) is 10.0 Å². The summed E-state index contributed by atoms with van der Waals surface area (Å²) in [4.78, 5) is 0. The molecule has 0 aliphatic carbocycles. The molecule has 0 spiro atoms. The molecule has 0 aromatic heterocycles. The molecule has 2 N–H and O–H groups in total. The maximum Gasteiger partial charge on any atom is 0.418 e. The van der Waals surface area contributed by atoms with Gasteiger partial charge in [-0.25, -0.2) is 8.42 Å². The van der Waals surface area contributed by atoms with Crippen molar-refractivity contribution in [3.63, 3.8) is 0 Å². The predicted molar refractivity (Wildman–Crippen MR) is 60.6 cm³/mol. The van der Waals surface area contributed by atoms with Crippen LogP contribution in [0.15, 0.2) is 24.3 Å². The number of halogens is 3. The van der Waals surface area contributed by atoms with Gasteiger partial charge in [0.05, 0.1) is 17.0 Å². The molecule has 102 valence electrons. The number of anilines is 1. The number of benzene rings is 1. The minimum absolute atomic E-state index is 0.0382. The third-order valence-electron chi connectivity index (χ3n) is 2.07. The van der Waals surface area contributed by atoms with Crippen LogP contribution >= 0.6 is 0 Å². The third-order valence-corrected chi connectivity index (χ3v) is 3.43. The van der Waals surface area contributed by atoms with Crippen LogP contribution in [0.4, 0.5) is 18.9 Å². The summed E-state index contributed by atoms with van der Waals surface area (Å²) in [6, 6.07) is 4.32. The van der Waals surface area contributed by atoms with Crippen molar-refractivity contribution in [2.75, 3.05) is 17.1 Å². The Hall–Kier alpha value is -1.28. The number of hydrogen-bond acceptors (Lipinski definition) is 3. The molecule has 0 aliphatic rings. The van der Waals surface area contributed by atoms with Crippen LogP contribution in [0.5, 0.6) is 0 Å². The zero-order chi connectivity index (χ0) is 13.8. The Morgan fingerprint density at radius 3 is 2.39 bits per heavy atom. The highest BCUT2D eigenvalue weighted by Crippen LogP contribution is 2.34. The first-order valence-electron chi connectivity index (χ1n) is 5.04. The second-order valence-corrected chi connectivity index (χ2v) is 5.38. The van der Waals surface area contributed by atoms with E-state index in [4.69, 9.17) is 5.11 Å². The number of alkyl halides is 3. The van der Waals surface area contributed by atoms with Gasteiger partial charge in [-0.05, 0) is 18.6 Å². The Morgan fingerprint density at radius 1 is 1.22 bits per heavy atom. The monoisotopic (exact) mass is 283 g/mol. The molecule has 0 saturated carbocycles. The summed E-state index contributed by atoms with van der Waals surface area (Å²) in [5.41, 5.74) is -1.56. The number of para-hydroxylation sites is 1. The first-order valence-corrected chi connectivity index (χ1v) is 6.69. The van der Waals surface area contributed by atoms with Crippen molar-refractivity contribution in [2.24, 2.45) is 0 Å². The lowest BCUT2D eigenvalue weighted by atomic mass is 10.2. The smallest absolute Gasteiger partial charge is 0.396 e. The fourth-order valence-electron chi connectivity index (χ4n) is 1.29. The van der Waals surface area contributed by atoms with E-state index < -0.39 is 33.2 Å². The molecule has 1 aromatic rings. The summed E-state index contributed by atoms with van der Waals surface area (Å²) < 4.78 is 62.6. The quantitative estimate of drug-likeness (QED) is 0.866. The van der Waals surface area contributed by atoms with Gasteiger partial charge in [0, 0.05) is 6.61 Å². The van der Waals surface area contributed by atoms with Gasteiger partial charge in [-0.3, -0.25) is 4.72 Å². The lowest BCUT2D eigenvalue weighted by molar-refractivity contribution is -0.136. The highest BCUT2D eigenvalue weighted by molar-refractivity contribution is 7.92. The summed E-state index contributed by atoms with van der Waals surface area (Å²) in [5, 5.41) is 8.51. The second kappa shape index (κ2) is 5.57. The third kappa shape index (κ3) is 4.19. The second-order valence-electron chi connectivity index (χ2n) is 3.54. The lowest BCUT2D eigenvalue weighted by Crippen LogP contribution is -2.20. The van der Waals surface area contributed by atoms with Gasteiger partial charge in [-0.2, -0.15) is 13.2 Å². The Labute approximate surface area is 102 Å². The molecule has 18 heavy (non-hydrogen) atoms. The maximum atomic E-state index is 12.6. The summed E-state index contributed by atoms with van der Waals surface area (Å²) in [7, 11) is -3.89. The van der Waals surface area contributed by atoms with E-state index in [0.717, 1.165) is 12.1 Å². The number of aliphatic hydroxyl groups excluding tert-OH is 1. The van der Waals surface area contributed by atoms with E-state index in [2.05, 4.69) is 0 Å². The van der Waals surface area contributed by atoms with E-state index in [0.29, 0.717) is 0 Å². The number of aliphatic hydroxyl groups is 1. The standard InChI is InChI=1S/C10H12F3NO3S/c11-10(12,13)8-4-1-2-5-9(8)14-18(16,17)7-3-6-15/h1-2,4-5,14-15H,3,6-7H2. The summed E-state index contributed by atoms with van der Waals surface area (Å²) >= 11 is 0. The normalized spacial score (nSPS) is 12.4. The average molecular weight is 283 g/mol. The summed E-state index contributed by atoms with van der Waals surface area (Å²) in [6.45, 7) is -0.345. The van der Waals surface area contributed by atoms with Crippen molar-refractivity contribution in [3.05, 3.63) is 29.8 Å². The fraction of sp³-hybridized carbons (Fsp3) is 0.400. The van der Waals surface area contributed by atoms with Gasteiger partial charge >= 0.3 is 6.18 Å². The van der Waals surface area contributed by atoms with Crippen molar-refractivity contribution < 1.29 is 26.7 Å². The topological polar surface area (TPSA) is 66.4 Å². The van der Waals surface area contributed by atoms with Crippen LogP contribution < -0.4 is 4.72 Å². The van der Waals surface area contributed by atoms with Crippen LogP contribution in [-0.4, -0.2) is 25.9 Å². The van der Waals surface area contributed by atoms with Crippen LogP contribution in [0, 0.1) is 0 Å². The highest BCUT2D eigenvalue weighted by Gasteiger charge is 2.34. The van der Waals surface area contributed by atoms with Crippen LogP contribution in [0.3, 0.4) is 0 Å². The molecule has 0 bridgehead atoms. The molecule has 0 saturated heterocycles. The van der Waals surface area contributed by atoms with Gasteiger partial charge in [0.25, 0.3) is 0 Å². The fourth-order valence-corrected chi connectivity index (χ4v) is 2.42. The molecule has 8 heteroatoms.